The number of likely N-dealkylation sites (tertiary alicyclic amines) is 1. The second kappa shape index (κ2) is 7.41. The standard InChI is InChI=1S/C16H25BrN2/c1-3-19-10-5-8-16(9-11-19)18-13(2)14-6-4-7-15(17)12-14/h4,6-7,12-13,16,18H,3,5,8-11H2,1-2H3/t13-,16?/m0/s1. The summed E-state index contributed by atoms with van der Waals surface area (Å²) >= 11 is 3.55. The van der Waals surface area contributed by atoms with Gasteiger partial charge in [-0.3, -0.25) is 0 Å². The van der Waals surface area contributed by atoms with Crippen LogP contribution in [0.5, 0.6) is 0 Å². The lowest BCUT2D eigenvalue weighted by Crippen LogP contribution is -2.33. The maximum Gasteiger partial charge on any atom is 0.0294 e. The van der Waals surface area contributed by atoms with E-state index in [0.717, 1.165) is 4.47 Å². The van der Waals surface area contributed by atoms with Crippen LogP contribution in [0.1, 0.15) is 44.7 Å². The Kier molecular flexibility index (Phi) is 5.86. The van der Waals surface area contributed by atoms with Crippen LogP contribution in [0.15, 0.2) is 28.7 Å². The molecule has 1 fully saturated rings. The zero-order valence-corrected chi connectivity index (χ0v) is 13.6. The SMILES string of the molecule is CCN1CCCC(N[C@@H](C)c2cccc(Br)c2)CC1. The number of nitrogens with one attached hydrogen (secondary N) is 1. The van der Waals surface area contributed by atoms with Crippen LogP contribution in [-0.2, 0) is 0 Å². The van der Waals surface area contributed by atoms with Gasteiger partial charge in [0.05, 0.1) is 0 Å². The Hall–Kier alpha value is -0.380. The molecule has 1 aliphatic rings. The molecule has 1 saturated heterocycles. The highest BCUT2D eigenvalue weighted by Gasteiger charge is 2.18. The average Bonchev–Trinajstić information content (AvgIpc) is 2.64. The van der Waals surface area contributed by atoms with Gasteiger partial charge >= 0.3 is 0 Å². The molecule has 2 atom stereocenters. The minimum atomic E-state index is 0.427. The van der Waals surface area contributed by atoms with Crippen molar-refractivity contribution in [2.75, 3.05) is 19.6 Å². The summed E-state index contributed by atoms with van der Waals surface area (Å²) in [7, 11) is 0. The molecule has 19 heavy (non-hydrogen) atoms. The van der Waals surface area contributed by atoms with Crippen molar-refractivity contribution in [3.05, 3.63) is 34.3 Å². The van der Waals surface area contributed by atoms with Crippen LogP contribution in [0.4, 0.5) is 0 Å². The summed E-state index contributed by atoms with van der Waals surface area (Å²) < 4.78 is 1.16. The molecule has 2 rings (SSSR count). The molecule has 2 nitrogen and oxygen atoms in total. The van der Waals surface area contributed by atoms with Crippen molar-refractivity contribution in [1.29, 1.82) is 0 Å². The van der Waals surface area contributed by atoms with E-state index in [-0.39, 0.29) is 0 Å². The first-order valence-electron chi connectivity index (χ1n) is 7.43. The van der Waals surface area contributed by atoms with E-state index in [9.17, 15) is 0 Å². The second-order valence-electron chi connectivity index (χ2n) is 5.51. The summed E-state index contributed by atoms with van der Waals surface area (Å²) in [6.45, 7) is 8.22. The van der Waals surface area contributed by atoms with Gasteiger partial charge in [-0.05, 0) is 63.5 Å². The monoisotopic (exact) mass is 324 g/mol. The highest BCUT2D eigenvalue weighted by atomic mass is 79.9. The van der Waals surface area contributed by atoms with Crippen LogP contribution in [0.25, 0.3) is 0 Å². The normalized spacial score (nSPS) is 23.0. The lowest BCUT2D eigenvalue weighted by molar-refractivity contribution is 0.295. The summed E-state index contributed by atoms with van der Waals surface area (Å²) in [6, 6.07) is 9.70. The van der Waals surface area contributed by atoms with Gasteiger partial charge in [-0.2, -0.15) is 0 Å². The van der Waals surface area contributed by atoms with Crippen LogP contribution >= 0.6 is 15.9 Å². The van der Waals surface area contributed by atoms with Gasteiger partial charge < -0.3 is 10.2 Å². The molecule has 106 valence electrons. The first-order chi connectivity index (χ1) is 9.19. The molecule has 0 amide bonds. The maximum atomic E-state index is 3.80. The quantitative estimate of drug-likeness (QED) is 0.901. The van der Waals surface area contributed by atoms with E-state index in [0.29, 0.717) is 12.1 Å². The predicted octanol–water partition coefficient (Wildman–Crippen LogP) is 3.97. The fraction of sp³-hybridized carbons (Fsp3) is 0.625. The molecular formula is C16H25BrN2. The second-order valence-corrected chi connectivity index (χ2v) is 6.42. The Labute approximate surface area is 125 Å². The molecule has 1 aromatic carbocycles. The summed E-state index contributed by atoms with van der Waals surface area (Å²) in [6.07, 6.45) is 3.89. The Morgan fingerprint density at radius 3 is 2.95 bits per heavy atom. The van der Waals surface area contributed by atoms with E-state index in [1.807, 2.05) is 0 Å². The van der Waals surface area contributed by atoms with Crippen LogP contribution in [-0.4, -0.2) is 30.6 Å². The van der Waals surface area contributed by atoms with Gasteiger partial charge in [-0.25, -0.2) is 0 Å². The van der Waals surface area contributed by atoms with Gasteiger partial charge in [0.15, 0.2) is 0 Å². The van der Waals surface area contributed by atoms with Crippen LogP contribution in [0, 0.1) is 0 Å². The zero-order chi connectivity index (χ0) is 13.7. The molecule has 0 aliphatic carbocycles. The van der Waals surface area contributed by atoms with Crippen molar-refractivity contribution in [3.63, 3.8) is 0 Å². The minimum Gasteiger partial charge on any atom is -0.307 e. The third-order valence-corrected chi connectivity index (χ3v) is 4.60. The van der Waals surface area contributed by atoms with Gasteiger partial charge in [-0.15, -0.1) is 0 Å². The van der Waals surface area contributed by atoms with Crippen molar-refractivity contribution in [2.45, 2.75) is 45.2 Å². The van der Waals surface area contributed by atoms with E-state index in [4.69, 9.17) is 0 Å². The Morgan fingerprint density at radius 2 is 2.21 bits per heavy atom. The molecule has 0 spiro atoms. The number of hydrogen-bond donors (Lipinski definition) is 1. The fourth-order valence-electron chi connectivity index (χ4n) is 2.86. The molecule has 0 aromatic heterocycles. The van der Waals surface area contributed by atoms with E-state index < -0.39 is 0 Å². The lowest BCUT2D eigenvalue weighted by Gasteiger charge is -2.23. The van der Waals surface area contributed by atoms with E-state index in [2.05, 4.69) is 64.3 Å². The number of rotatable bonds is 4. The summed E-state index contributed by atoms with van der Waals surface area (Å²) in [5.41, 5.74) is 1.37. The molecule has 1 N–H and O–H groups in total. The Morgan fingerprint density at radius 1 is 1.37 bits per heavy atom. The summed E-state index contributed by atoms with van der Waals surface area (Å²) in [5, 5.41) is 3.80. The topological polar surface area (TPSA) is 15.3 Å². The van der Waals surface area contributed by atoms with Crippen LogP contribution < -0.4 is 5.32 Å². The number of hydrogen-bond acceptors (Lipinski definition) is 2. The molecule has 1 aliphatic heterocycles. The first-order valence-corrected chi connectivity index (χ1v) is 8.22. The Bertz CT molecular complexity index is 394. The average molecular weight is 325 g/mol. The van der Waals surface area contributed by atoms with Gasteiger partial charge in [0, 0.05) is 16.6 Å². The number of nitrogens with zero attached hydrogens (tertiary/aromatic N) is 1. The highest BCUT2D eigenvalue weighted by Crippen LogP contribution is 2.20. The molecule has 0 radical (unpaired) electrons. The molecule has 0 saturated carbocycles. The van der Waals surface area contributed by atoms with E-state index in [1.165, 1.54) is 44.5 Å². The number of halogens is 1. The summed E-state index contributed by atoms with van der Waals surface area (Å²) in [4.78, 5) is 2.56. The minimum absolute atomic E-state index is 0.427. The van der Waals surface area contributed by atoms with Gasteiger partial charge in [-0.1, -0.05) is 35.0 Å². The fourth-order valence-corrected chi connectivity index (χ4v) is 3.28. The van der Waals surface area contributed by atoms with Gasteiger partial charge in [0.2, 0.25) is 0 Å². The smallest absolute Gasteiger partial charge is 0.0294 e. The van der Waals surface area contributed by atoms with E-state index in [1.54, 1.807) is 0 Å². The molecule has 1 unspecified atom stereocenters. The third-order valence-electron chi connectivity index (χ3n) is 4.10. The van der Waals surface area contributed by atoms with Gasteiger partial charge in [0.25, 0.3) is 0 Å². The Balaban J connectivity index is 1.90. The molecular weight excluding hydrogens is 300 g/mol. The molecule has 0 bridgehead atoms. The first kappa shape index (κ1) is 15.0. The maximum absolute atomic E-state index is 3.80. The third kappa shape index (κ3) is 4.59. The van der Waals surface area contributed by atoms with Crippen molar-refractivity contribution < 1.29 is 0 Å². The van der Waals surface area contributed by atoms with Crippen molar-refractivity contribution in [1.82, 2.24) is 10.2 Å². The van der Waals surface area contributed by atoms with E-state index >= 15 is 0 Å². The van der Waals surface area contributed by atoms with Crippen LogP contribution in [0.3, 0.4) is 0 Å². The predicted molar refractivity (Wildman–Crippen MR) is 85.4 cm³/mol. The van der Waals surface area contributed by atoms with Crippen molar-refractivity contribution >= 4 is 15.9 Å². The highest BCUT2D eigenvalue weighted by molar-refractivity contribution is 9.10. The van der Waals surface area contributed by atoms with Gasteiger partial charge in [0.1, 0.15) is 0 Å². The molecule has 3 heteroatoms. The molecule has 1 heterocycles. The van der Waals surface area contributed by atoms with Crippen molar-refractivity contribution in [3.8, 4) is 0 Å². The zero-order valence-electron chi connectivity index (χ0n) is 12.0. The van der Waals surface area contributed by atoms with Crippen molar-refractivity contribution in [2.24, 2.45) is 0 Å². The summed E-state index contributed by atoms with van der Waals surface area (Å²) in [5.74, 6) is 0. The lowest BCUT2D eigenvalue weighted by atomic mass is 10.0. The largest absolute Gasteiger partial charge is 0.307 e. The number of benzene rings is 1. The molecule has 1 aromatic rings. The van der Waals surface area contributed by atoms with Crippen LogP contribution in [0.2, 0.25) is 0 Å².